The monoisotopic (exact) mass is 228 g/mol. The fraction of sp³-hybridized carbons (Fsp3) is 0.833. The van der Waals surface area contributed by atoms with Gasteiger partial charge in [0.15, 0.2) is 0 Å². The number of aliphatic hydroxyl groups excluding tert-OH is 2. The summed E-state index contributed by atoms with van der Waals surface area (Å²) in [7, 11) is 0. The zero-order chi connectivity index (χ0) is 12.6. The first-order valence-electron chi connectivity index (χ1n) is 5.77. The second kappa shape index (κ2) is 8.42. The Morgan fingerprint density at radius 2 is 1.19 bits per heavy atom. The summed E-state index contributed by atoms with van der Waals surface area (Å²) in [5.41, 5.74) is 1.91. The molecule has 16 heavy (non-hydrogen) atoms. The first-order valence-corrected chi connectivity index (χ1v) is 5.77. The molecule has 0 aromatic rings. The van der Waals surface area contributed by atoms with Crippen molar-refractivity contribution in [1.29, 1.82) is 0 Å². The van der Waals surface area contributed by atoms with Gasteiger partial charge in [-0.3, -0.25) is 9.98 Å². The van der Waals surface area contributed by atoms with Crippen molar-refractivity contribution in [2.24, 2.45) is 9.98 Å². The third kappa shape index (κ3) is 9.80. The van der Waals surface area contributed by atoms with Gasteiger partial charge in [-0.15, -0.1) is 0 Å². The Morgan fingerprint density at radius 3 is 1.44 bits per heavy atom. The summed E-state index contributed by atoms with van der Waals surface area (Å²) < 4.78 is 0. The van der Waals surface area contributed by atoms with Crippen LogP contribution in [-0.2, 0) is 0 Å². The Labute approximate surface area is 98.1 Å². The standard InChI is InChI=1S/C12H24N2O2/c1-9(7-11(3)15)13-5-6-14-10(2)8-12(4)16/h11-12,15-16H,5-8H2,1-4H3. The molecule has 0 aromatic heterocycles. The molecule has 0 radical (unpaired) electrons. The van der Waals surface area contributed by atoms with E-state index < -0.39 is 0 Å². The summed E-state index contributed by atoms with van der Waals surface area (Å²) in [4.78, 5) is 8.60. The van der Waals surface area contributed by atoms with Crippen LogP contribution in [0.3, 0.4) is 0 Å². The zero-order valence-corrected chi connectivity index (χ0v) is 10.8. The van der Waals surface area contributed by atoms with Crippen LogP contribution in [0.15, 0.2) is 9.98 Å². The van der Waals surface area contributed by atoms with Gasteiger partial charge in [-0.1, -0.05) is 0 Å². The van der Waals surface area contributed by atoms with Crippen molar-refractivity contribution in [2.75, 3.05) is 13.1 Å². The van der Waals surface area contributed by atoms with Crippen LogP contribution >= 0.6 is 0 Å². The molecular formula is C12H24N2O2. The minimum absolute atomic E-state index is 0.329. The van der Waals surface area contributed by atoms with Crippen LogP contribution in [0.25, 0.3) is 0 Å². The molecule has 94 valence electrons. The van der Waals surface area contributed by atoms with E-state index in [1.54, 1.807) is 13.8 Å². The second-order valence-corrected chi connectivity index (χ2v) is 4.34. The summed E-state index contributed by atoms with van der Waals surface area (Å²) in [6, 6.07) is 0. The molecule has 0 fully saturated rings. The second-order valence-electron chi connectivity index (χ2n) is 4.34. The van der Waals surface area contributed by atoms with Crippen LogP contribution in [0.2, 0.25) is 0 Å². The molecule has 4 heteroatoms. The maximum atomic E-state index is 9.13. The van der Waals surface area contributed by atoms with E-state index in [1.807, 2.05) is 13.8 Å². The Hall–Kier alpha value is -0.740. The van der Waals surface area contributed by atoms with Crippen LogP contribution in [-0.4, -0.2) is 46.9 Å². The van der Waals surface area contributed by atoms with Gasteiger partial charge >= 0.3 is 0 Å². The summed E-state index contributed by atoms with van der Waals surface area (Å²) in [5, 5.41) is 18.3. The predicted molar refractivity (Wildman–Crippen MR) is 68.5 cm³/mol. The average molecular weight is 228 g/mol. The van der Waals surface area contributed by atoms with E-state index in [9.17, 15) is 0 Å². The topological polar surface area (TPSA) is 65.2 Å². The SMILES string of the molecule is CC(CC(C)O)=NCCN=C(C)CC(C)O. The largest absolute Gasteiger partial charge is 0.393 e. The third-order valence-electron chi connectivity index (χ3n) is 2.05. The van der Waals surface area contributed by atoms with Gasteiger partial charge in [-0.05, 0) is 27.7 Å². The molecule has 0 spiro atoms. The minimum atomic E-state index is -0.329. The van der Waals surface area contributed by atoms with E-state index in [4.69, 9.17) is 10.2 Å². The molecule has 0 rings (SSSR count). The van der Waals surface area contributed by atoms with E-state index in [2.05, 4.69) is 9.98 Å². The first-order chi connectivity index (χ1) is 7.41. The zero-order valence-electron chi connectivity index (χ0n) is 10.8. The fourth-order valence-corrected chi connectivity index (χ4v) is 1.47. The highest BCUT2D eigenvalue weighted by Crippen LogP contribution is 1.95. The van der Waals surface area contributed by atoms with E-state index >= 15 is 0 Å². The van der Waals surface area contributed by atoms with Crippen molar-refractivity contribution in [1.82, 2.24) is 0 Å². The molecule has 0 aliphatic heterocycles. The molecule has 2 atom stereocenters. The van der Waals surface area contributed by atoms with Gasteiger partial charge in [-0.25, -0.2) is 0 Å². The van der Waals surface area contributed by atoms with Crippen LogP contribution in [0, 0.1) is 0 Å². The van der Waals surface area contributed by atoms with Gasteiger partial charge < -0.3 is 10.2 Å². The highest BCUT2D eigenvalue weighted by Gasteiger charge is 1.99. The lowest BCUT2D eigenvalue weighted by atomic mass is 10.2. The van der Waals surface area contributed by atoms with E-state index in [-0.39, 0.29) is 12.2 Å². The smallest absolute Gasteiger partial charge is 0.0584 e. The Kier molecular flexibility index (Phi) is 8.03. The molecule has 4 nitrogen and oxygen atoms in total. The van der Waals surface area contributed by atoms with Gasteiger partial charge in [0.05, 0.1) is 25.3 Å². The lowest BCUT2D eigenvalue weighted by Gasteiger charge is -2.04. The Balaban J connectivity index is 3.81. The normalized spacial score (nSPS) is 17.4. The van der Waals surface area contributed by atoms with Crippen LogP contribution in [0.5, 0.6) is 0 Å². The molecule has 0 saturated carbocycles. The lowest BCUT2D eigenvalue weighted by molar-refractivity contribution is 0.202. The van der Waals surface area contributed by atoms with Crippen LogP contribution < -0.4 is 0 Å². The van der Waals surface area contributed by atoms with Gasteiger partial charge in [0.1, 0.15) is 0 Å². The molecule has 2 unspecified atom stereocenters. The molecule has 0 heterocycles. The summed E-state index contributed by atoms with van der Waals surface area (Å²) >= 11 is 0. The van der Waals surface area contributed by atoms with Gasteiger partial charge in [0.2, 0.25) is 0 Å². The minimum Gasteiger partial charge on any atom is -0.393 e. The molecular weight excluding hydrogens is 204 g/mol. The summed E-state index contributed by atoms with van der Waals surface area (Å²) in [5.74, 6) is 0. The van der Waals surface area contributed by atoms with Crippen molar-refractivity contribution in [3.63, 3.8) is 0 Å². The molecule has 2 N–H and O–H groups in total. The van der Waals surface area contributed by atoms with Crippen LogP contribution in [0.4, 0.5) is 0 Å². The van der Waals surface area contributed by atoms with Gasteiger partial charge in [0, 0.05) is 24.3 Å². The van der Waals surface area contributed by atoms with Crippen LogP contribution in [0.1, 0.15) is 40.5 Å². The van der Waals surface area contributed by atoms with E-state index in [1.165, 1.54) is 0 Å². The molecule has 0 saturated heterocycles. The summed E-state index contributed by atoms with van der Waals surface area (Å²) in [6.45, 7) is 8.64. The van der Waals surface area contributed by atoms with Crippen molar-refractivity contribution in [3.8, 4) is 0 Å². The quantitative estimate of drug-likeness (QED) is 0.511. The maximum absolute atomic E-state index is 9.13. The number of hydrogen-bond donors (Lipinski definition) is 2. The van der Waals surface area contributed by atoms with Crippen molar-refractivity contribution in [2.45, 2.75) is 52.7 Å². The molecule has 0 aromatic carbocycles. The van der Waals surface area contributed by atoms with Crippen molar-refractivity contribution >= 4 is 11.4 Å². The molecule has 0 amide bonds. The number of nitrogens with zero attached hydrogens (tertiary/aromatic N) is 2. The first kappa shape index (κ1) is 15.3. The molecule has 0 bridgehead atoms. The molecule has 0 aliphatic carbocycles. The number of hydrogen-bond acceptors (Lipinski definition) is 4. The maximum Gasteiger partial charge on any atom is 0.0584 e. The number of rotatable bonds is 7. The highest BCUT2D eigenvalue weighted by molar-refractivity contribution is 5.83. The fourth-order valence-electron chi connectivity index (χ4n) is 1.47. The van der Waals surface area contributed by atoms with Crippen molar-refractivity contribution in [3.05, 3.63) is 0 Å². The lowest BCUT2D eigenvalue weighted by Crippen LogP contribution is -2.08. The Morgan fingerprint density at radius 1 is 0.875 bits per heavy atom. The molecule has 0 aliphatic rings. The van der Waals surface area contributed by atoms with Gasteiger partial charge in [-0.2, -0.15) is 0 Å². The third-order valence-corrected chi connectivity index (χ3v) is 2.05. The van der Waals surface area contributed by atoms with E-state index in [0.717, 1.165) is 11.4 Å². The summed E-state index contributed by atoms with van der Waals surface area (Å²) in [6.07, 6.45) is 0.584. The highest BCUT2D eigenvalue weighted by atomic mass is 16.3. The van der Waals surface area contributed by atoms with E-state index in [0.29, 0.717) is 25.9 Å². The van der Waals surface area contributed by atoms with Gasteiger partial charge in [0.25, 0.3) is 0 Å². The average Bonchev–Trinajstić information content (AvgIpc) is 2.10. The Bertz CT molecular complexity index is 219. The number of aliphatic imine (C=N–C) groups is 2. The van der Waals surface area contributed by atoms with Crippen molar-refractivity contribution < 1.29 is 10.2 Å². The predicted octanol–water partition coefficient (Wildman–Crippen LogP) is 1.45. The number of aliphatic hydroxyl groups is 2.